The van der Waals surface area contributed by atoms with Gasteiger partial charge in [-0.3, -0.25) is 53.1 Å². The second-order valence-corrected chi connectivity index (χ2v) is 21.9. The summed E-state index contributed by atoms with van der Waals surface area (Å²) in [6, 6.07) is -11.8. The highest BCUT2D eigenvalue weighted by atomic mass is 16.4. The molecule has 80 heavy (non-hydrogen) atoms. The van der Waals surface area contributed by atoms with E-state index in [1.54, 1.807) is 20.8 Å². The maximum Gasteiger partial charge on any atom is 0.326 e. The molecule has 0 radical (unpaired) electrons. The molecule has 0 bridgehead atoms. The summed E-state index contributed by atoms with van der Waals surface area (Å²) in [6.07, 6.45) is 2.98. The summed E-state index contributed by atoms with van der Waals surface area (Å²) < 4.78 is 0. The van der Waals surface area contributed by atoms with Gasteiger partial charge in [-0.1, -0.05) is 68.2 Å². The highest BCUT2D eigenvalue weighted by Gasteiger charge is 2.42. The number of carboxylic acids is 1. The van der Waals surface area contributed by atoms with E-state index in [0.29, 0.717) is 25.7 Å². The second-order valence-electron chi connectivity index (χ2n) is 21.9. The molecule has 0 aromatic heterocycles. The first-order valence-electron chi connectivity index (χ1n) is 28.0. The van der Waals surface area contributed by atoms with Gasteiger partial charge in [0.2, 0.25) is 53.2 Å². The van der Waals surface area contributed by atoms with Crippen LogP contribution in [-0.4, -0.2) is 184 Å². The van der Waals surface area contributed by atoms with Gasteiger partial charge in [-0.2, -0.15) is 0 Å². The molecule has 9 amide bonds. The molecule has 12 atom stereocenters. The number of hydrogen-bond acceptors (Lipinski definition) is 14. The molecule has 28 nitrogen and oxygen atoms in total. The van der Waals surface area contributed by atoms with Crippen LogP contribution in [0.25, 0.3) is 0 Å². The molecule has 2 fully saturated rings. The fraction of sp³-hybridized carbons (Fsp3) is 0.769. The smallest absolute Gasteiger partial charge is 0.326 e. The molecule has 0 aromatic carbocycles. The number of nitrogens with zero attached hydrogens (tertiary/aromatic N) is 4. The van der Waals surface area contributed by atoms with Crippen molar-refractivity contribution in [3.8, 4) is 0 Å². The summed E-state index contributed by atoms with van der Waals surface area (Å²) >= 11 is 0. The molecule has 0 saturated carbocycles. The first kappa shape index (κ1) is 69.3. The van der Waals surface area contributed by atoms with E-state index in [1.807, 2.05) is 34.6 Å². The monoisotopic (exact) mass is 1130 g/mol. The van der Waals surface area contributed by atoms with E-state index in [4.69, 9.17) is 28.7 Å². The third-order valence-electron chi connectivity index (χ3n) is 14.3. The maximum atomic E-state index is 14.6. The molecule has 28 heteroatoms. The Hall–Kier alpha value is -6.84. The Kier molecular flexibility index (Phi) is 29.7. The molecule has 0 spiro atoms. The minimum Gasteiger partial charge on any atom is -0.480 e. The number of aliphatic carboxylic acids is 1. The van der Waals surface area contributed by atoms with Crippen molar-refractivity contribution in [1.29, 1.82) is 0 Å². The van der Waals surface area contributed by atoms with E-state index in [9.17, 15) is 58.2 Å². The Labute approximate surface area is 469 Å². The molecule has 0 unspecified atom stereocenters. The third kappa shape index (κ3) is 22.4. The van der Waals surface area contributed by atoms with E-state index >= 15 is 0 Å². The van der Waals surface area contributed by atoms with Gasteiger partial charge < -0.3 is 85.9 Å². The maximum absolute atomic E-state index is 14.6. The first-order valence-corrected chi connectivity index (χ1v) is 28.0. The zero-order valence-corrected chi connectivity index (χ0v) is 48.3. The summed E-state index contributed by atoms with van der Waals surface area (Å²) in [5, 5.41) is 38.1. The summed E-state index contributed by atoms with van der Waals surface area (Å²) in [4.78, 5) is 148. The van der Waals surface area contributed by atoms with Gasteiger partial charge in [0.15, 0.2) is 11.9 Å². The highest BCUT2D eigenvalue weighted by Crippen LogP contribution is 2.23. The summed E-state index contributed by atoms with van der Waals surface area (Å²) in [5.74, 6) is -8.85. The van der Waals surface area contributed by atoms with Crippen molar-refractivity contribution in [3.63, 3.8) is 0 Å². The van der Waals surface area contributed by atoms with Gasteiger partial charge in [0.25, 0.3) is 0 Å². The number of rotatable bonds is 34. The second kappa shape index (κ2) is 34.3. The predicted molar refractivity (Wildman–Crippen MR) is 299 cm³/mol. The Morgan fingerprint density at radius 2 is 0.963 bits per heavy atom. The lowest BCUT2D eigenvalue weighted by Gasteiger charge is -2.32. The number of carbonyl (C=O) groups is 10. The van der Waals surface area contributed by atoms with Crippen LogP contribution >= 0.6 is 0 Å². The number of nitrogens with two attached hydrogens (primary N) is 5. The molecule has 2 saturated heterocycles. The molecule has 0 aliphatic carbocycles. The largest absolute Gasteiger partial charge is 0.480 e. The number of aliphatic imine (C=N–C) groups is 2. The van der Waals surface area contributed by atoms with Crippen molar-refractivity contribution in [2.45, 2.75) is 200 Å². The molecule has 0 aromatic rings. The Morgan fingerprint density at radius 1 is 0.537 bits per heavy atom. The summed E-state index contributed by atoms with van der Waals surface area (Å²) in [7, 11) is 0. The minimum atomic E-state index is -1.32. The van der Waals surface area contributed by atoms with Gasteiger partial charge in [-0.25, -0.2) is 4.79 Å². The van der Waals surface area contributed by atoms with Gasteiger partial charge >= 0.3 is 5.97 Å². The van der Waals surface area contributed by atoms with Crippen LogP contribution < -0.4 is 65.9 Å². The minimum absolute atomic E-state index is 0.0146. The lowest BCUT2D eigenvalue weighted by atomic mass is 9.95. The first-order chi connectivity index (χ1) is 37.6. The normalized spacial score (nSPS) is 18.9. The van der Waals surface area contributed by atoms with Crippen LogP contribution in [0, 0.1) is 23.7 Å². The van der Waals surface area contributed by atoms with Gasteiger partial charge in [-0.05, 0) is 94.8 Å². The third-order valence-corrected chi connectivity index (χ3v) is 14.3. The molecule has 2 heterocycles. The molecular formula is C52H94N16O12. The Morgan fingerprint density at radius 3 is 1.43 bits per heavy atom. The fourth-order valence-electron chi connectivity index (χ4n) is 9.42. The van der Waals surface area contributed by atoms with Crippen LogP contribution in [0.4, 0.5) is 0 Å². The number of guanidine groups is 2. The summed E-state index contributed by atoms with van der Waals surface area (Å²) in [5.41, 5.74) is 27.6. The van der Waals surface area contributed by atoms with Crippen molar-refractivity contribution in [1.82, 2.24) is 47.0 Å². The average Bonchev–Trinajstić information content (AvgIpc) is 4.10. The van der Waals surface area contributed by atoms with Crippen LogP contribution in [0.1, 0.15) is 139 Å². The molecule has 2 aliphatic rings. The SMILES string of the molecule is CC[C@H](C)[C@H](NC(=O)[C@@H](NC(=O)[C@@H]1CCCN1C(=O)[C@H](CCCN=C(N)N)NC(=O)[C@H](CC(C)C)NC(=O)[C@H](CC(C)C)NC(=O)[C@@H]1CCCN1C(=O)[C@H](C)NC(=O)[C@H](CCCN=C(N)N)NC(=O)[C@@H](N)CO)[C@@H](C)CC)C(=O)O. The van der Waals surface area contributed by atoms with Gasteiger partial charge in [0.05, 0.1) is 6.61 Å². The quantitative estimate of drug-likeness (QED) is 0.0174. The number of amides is 9. The highest BCUT2D eigenvalue weighted by molar-refractivity contribution is 5.99. The van der Waals surface area contributed by atoms with Crippen LogP contribution in [0.2, 0.25) is 0 Å². The molecular weight excluding hydrogens is 1040 g/mol. The standard InChI is InChI=1S/C52H94N16O12/c1-10-29(7)39(47(76)66-40(50(79)80)30(8)11-2)65-46(75)38-19-15-23-68(38)49(78)34(17-13-21-59-52(56)57)62-43(72)35(24-27(3)4)63-44(73)36(25-28(5)6)64-45(74)37-18-14-22-67(37)48(77)31(9)60-42(71)33(16-12-20-58-51(54)55)61-41(70)32(53)26-69/h27-40,69H,10-26,53H2,1-9H3,(H,60,71)(H,61,70)(H,62,72)(H,63,73)(H,64,74)(H,65,75)(H,66,76)(H,79,80)(H4,54,55,58)(H4,56,57,59)/t29-,30-,31-,32-,33-,34-,35-,36-,37-,38-,39-,40-/m0/s1. The fourth-order valence-corrected chi connectivity index (χ4v) is 9.42. The molecule has 2 rings (SSSR count). The van der Waals surface area contributed by atoms with Crippen molar-refractivity contribution in [2.24, 2.45) is 62.3 Å². The van der Waals surface area contributed by atoms with Crippen molar-refractivity contribution >= 4 is 71.1 Å². The van der Waals surface area contributed by atoms with Crippen molar-refractivity contribution in [2.75, 3.05) is 32.8 Å². The van der Waals surface area contributed by atoms with E-state index < -0.39 is 138 Å². The number of nitrogens with one attached hydrogen (secondary N) is 7. The van der Waals surface area contributed by atoms with E-state index in [-0.39, 0.29) is 101 Å². The van der Waals surface area contributed by atoms with E-state index in [2.05, 4.69) is 47.2 Å². The zero-order chi connectivity index (χ0) is 60.6. The van der Waals surface area contributed by atoms with E-state index in [1.165, 1.54) is 16.7 Å². The number of aliphatic hydroxyl groups is 1. The zero-order valence-electron chi connectivity index (χ0n) is 48.3. The van der Waals surface area contributed by atoms with Crippen molar-refractivity contribution < 1.29 is 58.2 Å². The molecule has 454 valence electrons. The van der Waals surface area contributed by atoms with Gasteiger partial charge in [0.1, 0.15) is 60.4 Å². The van der Waals surface area contributed by atoms with Crippen LogP contribution in [-0.2, 0) is 47.9 Å². The van der Waals surface area contributed by atoms with Gasteiger partial charge in [-0.15, -0.1) is 0 Å². The number of aliphatic hydroxyl groups excluding tert-OH is 1. The predicted octanol–water partition coefficient (Wildman–Crippen LogP) is -2.92. The van der Waals surface area contributed by atoms with Crippen molar-refractivity contribution in [3.05, 3.63) is 0 Å². The topological polar surface area (TPSA) is 457 Å². The lowest BCUT2D eigenvalue weighted by Crippen LogP contribution is -2.60. The molecule has 2 aliphatic heterocycles. The average molecular weight is 1140 g/mol. The van der Waals surface area contributed by atoms with Crippen LogP contribution in [0.15, 0.2) is 9.98 Å². The van der Waals surface area contributed by atoms with Gasteiger partial charge in [0, 0.05) is 26.2 Å². The number of likely N-dealkylation sites (tertiary alicyclic amines) is 2. The Balaban J connectivity index is 2.37. The molecule has 19 N–H and O–H groups in total. The lowest BCUT2D eigenvalue weighted by molar-refractivity contribution is -0.145. The van der Waals surface area contributed by atoms with Crippen LogP contribution in [0.3, 0.4) is 0 Å². The summed E-state index contributed by atoms with van der Waals surface area (Å²) in [6.45, 7) is 15.6. The Bertz CT molecular complexity index is 2170. The number of carboxylic acid groups (broad SMARTS) is 1. The number of hydrogen-bond donors (Lipinski definition) is 14. The number of carbonyl (C=O) groups excluding carboxylic acids is 9. The van der Waals surface area contributed by atoms with Crippen LogP contribution in [0.5, 0.6) is 0 Å². The van der Waals surface area contributed by atoms with E-state index in [0.717, 1.165) is 0 Å².